The maximum Gasteiger partial charge on any atom is 0.262 e. The second-order valence-electron chi connectivity index (χ2n) is 5.28. The van der Waals surface area contributed by atoms with E-state index in [0.29, 0.717) is 17.3 Å². The molecule has 0 aliphatic heterocycles. The summed E-state index contributed by atoms with van der Waals surface area (Å²) in [5.74, 6) is 1.28. The molecule has 0 bridgehead atoms. The van der Waals surface area contributed by atoms with Gasteiger partial charge >= 0.3 is 0 Å². The highest BCUT2D eigenvalue weighted by atomic mass is 32.2. The van der Waals surface area contributed by atoms with Crippen molar-refractivity contribution >= 4 is 15.7 Å². The van der Waals surface area contributed by atoms with Gasteiger partial charge in [-0.2, -0.15) is 0 Å². The topological polar surface area (TPSA) is 90.4 Å². The average Bonchev–Trinajstić information content (AvgIpc) is 2.68. The van der Waals surface area contributed by atoms with Gasteiger partial charge in [-0.25, -0.2) is 18.4 Å². The number of aromatic nitrogens is 2. The van der Waals surface area contributed by atoms with Crippen molar-refractivity contribution in [2.24, 2.45) is 0 Å². The molecule has 1 heterocycles. The molecule has 26 heavy (non-hydrogen) atoms. The first-order valence-electron chi connectivity index (χ1n) is 7.66. The van der Waals surface area contributed by atoms with Crippen LogP contribution in [0.2, 0.25) is 0 Å². The molecule has 0 amide bonds. The molecule has 2 aromatic carbocycles. The third-order valence-corrected chi connectivity index (χ3v) is 4.98. The van der Waals surface area contributed by atoms with E-state index in [-0.39, 0.29) is 10.6 Å². The van der Waals surface area contributed by atoms with Gasteiger partial charge in [-0.05, 0) is 12.1 Å². The van der Waals surface area contributed by atoms with E-state index < -0.39 is 10.0 Å². The Kier molecular flexibility index (Phi) is 5.04. The standard InChI is InChI=1S/C18H17N3O4S/c1-24-16-9-8-15(10-17(16)25-2)26(22,23)21-14-11-19-18(20-12-14)13-6-4-3-5-7-13/h3-12,21H,1-2H3. The number of hydrogen-bond acceptors (Lipinski definition) is 6. The first-order chi connectivity index (χ1) is 12.5. The average molecular weight is 371 g/mol. The molecule has 0 atom stereocenters. The molecule has 0 radical (unpaired) electrons. The zero-order chi connectivity index (χ0) is 18.6. The van der Waals surface area contributed by atoms with Gasteiger partial charge in [0.05, 0.1) is 37.2 Å². The SMILES string of the molecule is COc1ccc(S(=O)(=O)Nc2cnc(-c3ccccc3)nc2)cc1OC. The van der Waals surface area contributed by atoms with Crippen molar-refractivity contribution < 1.29 is 17.9 Å². The highest BCUT2D eigenvalue weighted by Crippen LogP contribution is 2.30. The van der Waals surface area contributed by atoms with Crippen molar-refractivity contribution in [3.05, 3.63) is 60.9 Å². The Balaban J connectivity index is 1.83. The van der Waals surface area contributed by atoms with Crippen LogP contribution in [0.25, 0.3) is 11.4 Å². The van der Waals surface area contributed by atoms with Gasteiger partial charge in [0.2, 0.25) is 0 Å². The van der Waals surface area contributed by atoms with Gasteiger partial charge in [0.25, 0.3) is 10.0 Å². The molecular formula is C18H17N3O4S. The van der Waals surface area contributed by atoms with Crippen molar-refractivity contribution in [2.45, 2.75) is 4.90 Å². The number of sulfonamides is 1. The lowest BCUT2D eigenvalue weighted by Crippen LogP contribution is -2.13. The van der Waals surface area contributed by atoms with E-state index in [4.69, 9.17) is 9.47 Å². The number of rotatable bonds is 6. The van der Waals surface area contributed by atoms with Crippen LogP contribution in [0.4, 0.5) is 5.69 Å². The number of nitrogens with one attached hydrogen (secondary N) is 1. The lowest BCUT2D eigenvalue weighted by molar-refractivity contribution is 0.354. The van der Waals surface area contributed by atoms with Crippen molar-refractivity contribution in [3.8, 4) is 22.9 Å². The number of benzene rings is 2. The monoisotopic (exact) mass is 371 g/mol. The van der Waals surface area contributed by atoms with Crippen LogP contribution in [0.1, 0.15) is 0 Å². The number of nitrogens with zero attached hydrogens (tertiary/aromatic N) is 2. The maximum absolute atomic E-state index is 12.6. The van der Waals surface area contributed by atoms with E-state index in [1.165, 1.54) is 44.8 Å². The molecule has 7 nitrogen and oxygen atoms in total. The maximum atomic E-state index is 12.6. The van der Waals surface area contributed by atoms with Crippen molar-refractivity contribution in [1.82, 2.24) is 9.97 Å². The first-order valence-corrected chi connectivity index (χ1v) is 9.14. The Morgan fingerprint density at radius 1 is 0.885 bits per heavy atom. The lowest BCUT2D eigenvalue weighted by atomic mass is 10.2. The van der Waals surface area contributed by atoms with Gasteiger partial charge in [0.1, 0.15) is 0 Å². The Bertz CT molecular complexity index is 991. The normalized spacial score (nSPS) is 11.0. The molecule has 134 valence electrons. The Morgan fingerprint density at radius 2 is 1.54 bits per heavy atom. The van der Waals surface area contributed by atoms with Crippen LogP contribution < -0.4 is 14.2 Å². The summed E-state index contributed by atoms with van der Waals surface area (Å²) in [4.78, 5) is 8.45. The molecule has 0 saturated heterocycles. The summed E-state index contributed by atoms with van der Waals surface area (Å²) in [5, 5.41) is 0. The van der Waals surface area contributed by atoms with Crippen LogP contribution in [0, 0.1) is 0 Å². The van der Waals surface area contributed by atoms with Crippen LogP contribution in [-0.4, -0.2) is 32.6 Å². The largest absolute Gasteiger partial charge is 0.493 e. The van der Waals surface area contributed by atoms with E-state index in [9.17, 15) is 8.42 Å². The predicted molar refractivity (Wildman–Crippen MR) is 97.8 cm³/mol. The number of methoxy groups -OCH3 is 2. The third-order valence-electron chi connectivity index (χ3n) is 3.60. The molecule has 8 heteroatoms. The lowest BCUT2D eigenvalue weighted by Gasteiger charge is -2.11. The molecule has 0 spiro atoms. The minimum Gasteiger partial charge on any atom is -0.493 e. The highest BCUT2D eigenvalue weighted by molar-refractivity contribution is 7.92. The summed E-state index contributed by atoms with van der Waals surface area (Å²) in [6, 6.07) is 13.8. The van der Waals surface area contributed by atoms with Crippen molar-refractivity contribution in [3.63, 3.8) is 0 Å². The number of anilines is 1. The second-order valence-corrected chi connectivity index (χ2v) is 6.97. The Labute approximate surface area is 151 Å². The molecule has 0 aliphatic rings. The summed E-state index contributed by atoms with van der Waals surface area (Å²) >= 11 is 0. The summed E-state index contributed by atoms with van der Waals surface area (Å²) in [6.07, 6.45) is 2.85. The van der Waals surface area contributed by atoms with E-state index in [0.717, 1.165) is 5.56 Å². The first kappa shape index (κ1) is 17.7. The number of ether oxygens (including phenoxy) is 2. The van der Waals surface area contributed by atoms with Gasteiger partial charge in [0, 0.05) is 11.6 Å². The molecule has 0 aliphatic carbocycles. The van der Waals surface area contributed by atoms with Crippen molar-refractivity contribution in [2.75, 3.05) is 18.9 Å². The summed E-state index contributed by atoms with van der Waals surface area (Å²) in [7, 11) is -0.890. The number of hydrogen-bond donors (Lipinski definition) is 1. The molecule has 3 aromatic rings. The van der Waals surface area contributed by atoms with Gasteiger partial charge in [-0.1, -0.05) is 30.3 Å². The van der Waals surface area contributed by atoms with Crippen molar-refractivity contribution in [1.29, 1.82) is 0 Å². The Morgan fingerprint density at radius 3 is 2.15 bits per heavy atom. The molecule has 3 rings (SSSR count). The van der Waals surface area contributed by atoms with Gasteiger partial charge in [0.15, 0.2) is 17.3 Å². The Hall–Kier alpha value is -3.13. The zero-order valence-electron chi connectivity index (χ0n) is 14.2. The fourth-order valence-electron chi connectivity index (χ4n) is 2.31. The van der Waals surface area contributed by atoms with E-state index in [2.05, 4.69) is 14.7 Å². The van der Waals surface area contributed by atoms with Gasteiger partial charge in [-0.15, -0.1) is 0 Å². The molecule has 0 unspecified atom stereocenters. The highest BCUT2D eigenvalue weighted by Gasteiger charge is 2.17. The molecule has 1 aromatic heterocycles. The van der Waals surface area contributed by atoms with Gasteiger partial charge < -0.3 is 9.47 Å². The molecule has 0 saturated carbocycles. The smallest absolute Gasteiger partial charge is 0.262 e. The van der Waals surface area contributed by atoms with Crippen LogP contribution >= 0.6 is 0 Å². The quantitative estimate of drug-likeness (QED) is 0.716. The second kappa shape index (κ2) is 7.40. The fourth-order valence-corrected chi connectivity index (χ4v) is 3.36. The molecular weight excluding hydrogens is 354 g/mol. The minimum absolute atomic E-state index is 0.0438. The van der Waals surface area contributed by atoms with Gasteiger partial charge in [-0.3, -0.25) is 4.72 Å². The summed E-state index contributed by atoms with van der Waals surface area (Å²) < 4.78 is 37.8. The minimum atomic E-state index is -3.81. The molecule has 0 fully saturated rings. The summed E-state index contributed by atoms with van der Waals surface area (Å²) in [6.45, 7) is 0. The van der Waals surface area contributed by atoms with Crippen LogP contribution in [0.15, 0.2) is 65.8 Å². The fraction of sp³-hybridized carbons (Fsp3) is 0.111. The molecule has 1 N–H and O–H groups in total. The van der Waals surface area contributed by atoms with Crippen LogP contribution in [-0.2, 0) is 10.0 Å². The van der Waals surface area contributed by atoms with E-state index in [1.807, 2.05) is 30.3 Å². The van der Waals surface area contributed by atoms with E-state index in [1.54, 1.807) is 0 Å². The zero-order valence-corrected chi connectivity index (χ0v) is 15.0. The van der Waals surface area contributed by atoms with Crippen LogP contribution in [0.3, 0.4) is 0 Å². The summed E-state index contributed by atoms with van der Waals surface area (Å²) in [5.41, 5.74) is 1.11. The van der Waals surface area contributed by atoms with E-state index >= 15 is 0 Å². The third kappa shape index (κ3) is 3.75. The predicted octanol–water partition coefficient (Wildman–Crippen LogP) is 2.96. The van der Waals surface area contributed by atoms with Crippen LogP contribution in [0.5, 0.6) is 11.5 Å².